The van der Waals surface area contributed by atoms with E-state index in [1.54, 1.807) is 0 Å². The van der Waals surface area contributed by atoms with Gasteiger partial charge < -0.3 is 10.3 Å². The molecule has 0 saturated heterocycles. The Morgan fingerprint density at radius 3 is 2.57 bits per heavy atom. The van der Waals surface area contributed by atoms with Gasteiger partial charge in [0.15, 0.2) is 0 Å². The summed E-state index contributed by atoms with van der Waals surface area (Å²) in [5.74, 6) is 1.85. The first-order valence-corrected chi connectivity index (χ1v) is 7.59. The topological polar surface area (TPSA) is 43.8 Å². The molecule has 21 heavy (non-hydrogen) atoms. The van der Waals surface area contributed by atoms with Gasteiger partial charge in [0.2, 0.25) is 0 Å². The maximum absolute atomic E-state index is 6.39. The summed E-state index contributed by atoms with van der Waals surface area (Å²) in [7, 11) is 0. The summed E-state index contributed by atoms with van der Waals surface area (Å²) in [6, 6.07) is 14.7. The predicted molar refractivity (Wildman–Crippen MR) is 89.3 cm³/mol. The van der Waals surface area contributed by atoms with Crippen molar-refractivity contribution in [2.75, 3.05) is 5.73 Å². The molecule has 0 amide bonds. The van der Waals surface area contributed by atoms with Gasteiger partial charge in [0.1, 0.15) is 17.3 Å². The number of nitrogens with zero attached hydrogens (tertiary/aromatic N) is 2. The van der Waals surface area contributed by atoms with Gasteiger partial charge in [-0.05, 0) is 17.2 Å². The summed E-state index contributed by atoms with van der Waals surface area (Å²) in [6.07, 6.45) is 1.96. The number of nitrogen functional groups attached to an aromatic ring is 1. The zero-order valence-electron chi connectivity index (χ0n) is 12.6. The van der Waals surface area contributed by atoms with Gasteiger partial charge in [-0.25, -0.2) is 4.98 Å². The lowest BCUT2D eigenvalue weighted by Gasteiger charge is -2.08. The molecule has 0 bridgehead atoms. The SMILES string of the molecule is CCCn1c(CC)nc(-c2cccc3ccccc23)c1N. The number of fused-ring (bicyclic) bond motifs is 1. The Balaban J connectivity index is 2.23. The summed E-state index contributed by atoms with van der Waals surface area (Å²) in [6.45, 7) is 5.21. The van der Waals surface area contributed by atoms with E-state index in [2.05, 4.69) is 60.9 Å². The van der Waals surface area contributed by atoms with Crippen LogP contribution >= 0.6 is 0 Å². The Morgan fingerprint density at radius 1 is 1.05 bits per heavy atom. The van der Waals surface area contributed by atoms with Gasteiger partial charge in [0, 0.05) is 18.5 Å². The molecule has 0 radical (unpaired) electrons. The van der Waals surface area contributed by atoms with Crippen molar-refractivity contribution in [3.05, 3.63) is 48.3 Å². The molecular formula is C18H21N3. The van der Waals surface area contributed by atoms with Crippen LogP contribution in [-0.4, -0.2) is 9.55 Å². The van der Waals surface area contributed by atoms with E-state index >= 15 is 0 Å². The predicted octanol–water partition coefficient (Wildman–Crippen LogP) is 4.26. The average molecular weight is 279 g/mol. The highest BCUT2D eigenvalue weighted by molar-refractivity contribution is 5.97. The minimum absolute atomic E-state index is 0.782. The van der Waals surface area contributed by atoms with Crippen molar-refractivity contribution in [2.45, 2.75) is 33.2 Å². The lowest BCUT2D eigenvalue weighted by molar-refractivity contribution is 0.650. The van der Waals surface area contributed by atoms with Gasteiger partial charge >= 0.3 is 0 Å². The van der Waals surface area contributed by atoms with Crippen LogP contribution in [0.1, 0.15) is 26.1 Å². The van der Waals surface area contributed by atoms with Crippen molar-refractivity contribution in [3.8, 4) is 11.3 Å². The highest BCUT2D eigenvalue weighted by Crippen LogP contribution is 2.32. The zero-order chi connectivity index (χ0) is 14.8. The number of anilines is 1. The number of aromatic nitrogens is 2. The third kappa shape index (κ3) is 2.29. The maximum Gasteiger partial charge on any atom is 0.131 e. The third-order valence-electron chi connectivity index (χ3n) is 3.89. The molecule has 0 fully saturated rings. The fourth-order valence-corrected chi connectivity index (χ4v) is 2.89. The normalized spacial score (nSPS) is 11.1. The molecule has 1 aromatic heterocycles. The number of aryl methyl sites for hydroxylation is 1. The Kier molecular flexibility index (Phi) is 3.65. The molecule has 0 aliphatic carbocycles. The van der Waals surface area contributed by atoms with Crippen LogP contribution in [0, 0.1) is 0 Å². The van der Waals surface area contributed by atoms with Crippen molar-refractivity contribution >= 4 is 16.6 Å². The van der Waals surface area contributed by atoms with Gasteiger partial charge in [0.25, 0.3) is 0 Å². The molecular weight excluding hydrogens is 258 g/mol. The minimum Gasteiger partial charge on any atom is -0.383 e. The molecule has 3 rings (SSSR count). The molecule has 3 heteroatoms. The van der Waals surface area contributed by atoms with E-state index < -0.39 is 0 Å². The molecule has 0 spiro atoms. The van der Waals surface area contributed by atoms with Crippen LogP contribution in [0.25, 0.3) is 22.0 Å². The Bertz CT molecular complexity index is 766. The molecule has 0 aliphatic rings. The van der Waals surface area contributed by atoms with Gasteiger partial charge in [-0.2, -0.15) is 0 Å². The van der Waals surface area contributed by atoms with Gasteiger partial charge in [0.05, 0.1) is 0 Å². The highest BCUT2D eigenvalue weighted by Gasteiger charge is 2.16. The summed E-state index contributed by atoms with van der Waals surface area (Å²) >= 11 is 0. The molecule has 2 N–H and O–H groups in total. The van der Waals surface area contributed by atoms with Gasteiger partial charge in [-0.1, -0.05) is 56.3 Å². The third-order valence-corrected chi connectivity index (χ3v) is 3.89. The van der Waals surface area contributed by atoms with E-state index in [0.717, 1.165) is 42.3 Å². The molecule has 2 aromatic carbocycles. The number of hydrogen-bond donors (Lipinski definition) is 1. The quantitative estimate of drug-likeness (QED) is 0.775. The van der Waals surface area contributed by atoms with E-state index in [0.29, 0.717) is 0 Å². The second-order valence-corrected chi connectivity index (χ2v) is 5.29. The standard InChI is InChI=1S/C18H21N3/c1-3-12-21-16(4-2)20-17(18(21)19)15-11-7-9-13-8-5-6-10-14(13)15/h5-11H,3-4,12,19H2,1-2H3. The van der Waals surface area contributed by atoms with Crippen LogP contribution in [0.2, 0.25) is 0 Å². The Labute approximate surface area is 125 Å². The fourth-order valence-electron chi connectivity index (χ4n) is 2.89. The largest absolute Gasteiger partial charge is 0.383 e. The first-order valence-electron chi connectivity index (χ1n) is 7.59. The van der Waals surface area contributed by atoms with Crippen molar-refractivity contribution in [3.63, 3.8) is 0 Å². The molecule has 108 valence electrons. The average Bonchev–Trinajstić information content (AvgIpc) is 2.84. The Morgan fingerprint density at radius 2 is 1.81 bits per heavy atom. The second-order valence-electron chi connectivity index (χ2n) is 5.29. The lowest BCUT2D eigenvalue weighted by atomic mass is 10.0. The van der Waals surface area contributed by atoms with Crippen LogP contribution in [0.4, 0.5) is 5.82 Å². The Hall–Kier alpha value is -2.29. The molecule has 3 nitrogen and oxygen atoms in total. The van der Waals surface area contributed by atoms with Crippen LogP contribution in [-0.2, 0) is 13.0 Å². The van der Waals surface area contributed by atoms with Gasteiger partial charge in [-0.15, -0.1) is 0 Å². The number of benzene rings is 2. The minimum atomic E-state index is 0.782. The first kappa shape index (κ1) is 13.7. The highest BCUT2D eigenvalue weighted by atomic mass is 15.1. The summed E-state index contributed by atoms with van der Waals surface area (Å²) in [5, 5.41) is 2.42. The van der Waals surface area contributed by atoms with Crippen molar-refractivity contribution < 1.29 is 0 Å². The summed E-state index contributed by atoms with van der Waals surface area (Å²) in [5.41, 5.74) is 8.42. The zero-order valence-corrected chi connectivity index (χ0v) is 12.6. The smallest absolute Gasteiger partial charge is 0.131 e. The van der Waals surface area contributed by atoms with E-state index in [4.69, 9.17) is 10.7 Å². The lowest BCUT2D eigenvalue weighted by Crippen LogP contribution is -2.06. The molecule has 1 heterocycles. The van der Waals surface area contributed by atoms with Crippen LogP contribution in [0.5, 0.6) is 0 Å². The number of imidazole rings is 1. The summed E-state index contributed by atoms with van der Waals surface area (Å²) in [4.78, 5) is 4.81. The van der Waals surface area contributed by atoms with E-state index in [1.165, 1.54) is 10.8 Å². The van der Waals surface area contributed by atoms with E-state index in [9.17, 15) is 0 Å². The van der Waals surface area contributed by atoms with Gasteiger partial charge in [-0.3, -0.25) is 0 Å². The van der Waals surface area contributed by atoms with E-state index in [1.807, 2.05) is 0 Å². The number of nitrogens with two attached hydrogens (primary N) is 1. The van der Waals surface area contributed by atoms with Crippen LogP contribution < -0.4 is 5.73 Å². The van der Waals surface area contributed by atoms with Crippen molar-refractivity contribution in [2.24, 2.45) is 0 Å². The summed E-state index contributed by atoms with van der Waals surface area (Å²) < 4.78 is 2.15. The molecule has 0 aliphatic heterocycles. The second kappa shape index (κ2) is 5.60. The monoisotopic (exact) mass is 279 g/mol. The maximum atomic E-state index is 6.39. The fraction of sp³-hybridized carbons (Fsp3) is 0.278. The number of hydrogen-bond acceptors (Lipinski definition) is 2. The van der Waals surface area contributed by atoms with E-state index in [-0.39, 0.29) is 0 Å². The van der Waals surface area contributed by atoms with Crippen molar-refractivity contribution in [1.82, 2.24) is 9.55 Å². The first-order chi connectivity index (χ1) is 10.3. The van der Waals surface area contributed by atoms with Crippen LogP contribution in [0.15, 0.2) is 42.5 Å². The molecule has 3 aromatic rings. The molecule has 0 saturated carbocycles. The van der Waals surface area contributed by atoms with Crippen molar-refractivity contribution in [1.29, 1.82) is 0 Å². The molecule has 0 atom stereocenters. The van der Waals surface area contributed by atoms with Crippen LogP contribution in [0.3, 0.4) is 0 Å². The number of rotatable bonds is 4. The molecule has 0 unspecified atom stereocenters.